The van der Waals surface area contributed by atoms with Gasteiger partial charge in [-0.3, -0.25) is 4.79 Å². The number of nitrogens with zero attached hydrogens (tertiary/aromatic N) is 1. The van der Waals surface area contributed by atoms with E-state index in [4.69, 9.17) is 16.1 Å². The fraction of sp³-hybridized carbons (Fsp3) is 0.158. The van der Waals surface area contributed by atoms with E-state index in [1.165, 1.54) is 0 Å². The molecule has 0 aliphatic rings. The highest BCUT2D eigenvalue weighted by atomic mass is 35.5. The third kappa shape index (κ3) is 3.34. The molecule has 0 radical (unpaired) electrons. The number of halogens is 1. The van der Waals surface area contributed by atoms with Gasteiger partial charge in [-0.2, -0.15) is 0 Å². The van der Waals surface area contributed by atoms with Crippen molar-refractivity contribution in [2.24, 2.45) is 0 Å². The Morgan fingerprint density at radius 1 is 1.12 bits per heavy atom. The molecule has 1 heterocycles. The molecule has 0 bridgehead atoms. The van der Waals surface area contributed by atoms with Gasteiger partial charge in [0.05, 0.1) is 6.04 Å². The van der Waals surface area contributed by atoms with Gasteiger partial charge in [0.2, 0.25) is 0 Å². The summed E-state index contributed by atoms with van der Waals surface area (Å²) in [6, 6.07) is 16.8. The summed E-state index contributed by atoms with van der Waals surface area (Å²) >= 11 is 5.90. The fourth-order valence-corrected chi connectivity index (χ4v) is 2.66. The van der Waals surface area contributed by atoms with E-state index in [2.05, 4.69) is 10.5 Å². The maximum Gasteiger partial charge on any atom is 0.257 e. The normalized spacial score (nSPS) is 12.0. The molecule has 1 amide bonds. The third-order valence-corrected chi connectivity index (χ3v) is 4.11. The standard InChI is InChI=1S/C19H17ClN2O2/c1-12(14-8-10-16(20)11-9-14)21-19(23)17-13(2)24-22-18(17)15-6-4-3-5-7-15/h3-12H,1-2H3,(H,21,23)/t12-/m0/s1. The number of aryl methyl sites for hydroxylation is 1. The Morgan fingerprint density at radius 3 is 2.46 bits per heavy atom. The number of carbonyl (C=O) groups excluding carboxylic acids is 1. The lowest BCUT2D eigenvalue weighted by Gasteiger charge is -2.14. The molecule has 3 aromatic rings. The monoisotopic (exact) mass is 340 g/mol. The number of hydrogen-bond acceptors (Lipinski definition) is 3. The molecule has 4 nitrogen and oxygen atoms in total. The van der Waals surface area contributed by atoms with Gasteiger partial charge < -0.3 is 9.84 Å². The van der Waals surface area contributed by atoms with Crippen molar-refractivity contribution in [3.05, 3.63) is 76.5 Å². The molecule has 0 saturated heterocycles. The molecule has 3 rings (SSSR count). The zero-order valence-corrected chi connectivity index (χ0v) is 14.2. The van der Waals surface area contributed by atoms with Crippen LogP contribution in [0.5, 0.6) is 0 Å². The Bertz CT molecular complexity index is 842. The Balaban J connectivity index is 1.85. The number of benzene rings is 2. The highest BCUT2D eigenvalue weighted by Gasteiger charge is 2.22. The van der Waals surface area contributed by atoms with E-state index in [1.807, 2.05) is 49.4 Å². The second-order valence-corrected chi connectivity index (χ2v) is 6.01. The van der Waals surface area contributed by atoms with Crippen molar-refractivity contribution in [2.75, 3.05) is 0 Å². The Morgan fingerprint density at radius 2 is 1.79 bits per heavy atom. The molecule has 0 fully saturated rings. The molecule has 1 aromatic heterocycles. The largest absolute Gasteiger partial charge is 0.360 e. The minimum Gasteiger partial charge on any atom is -0.360 e. The summed E-state index contributed by atoms with van der Waals surface area (Å²) in [6.07, 6.45) is 0. The van der Waals surface area contributed by atoms with Crippen LogP contribution in [0.1, 0.15) is 34.6 Å². The topological polar surface area (TPSA) is 55.1 Å². The summed E-state index contributed by atoms with van der Waals surface area (Å²) in [6.45, 7) is 3.66. The molecule has 0 spiro atoms. The summed E-state index contributed by atoms with van der Waals surface area (Å²) in [5.41, 5.74) is 2.83. The van der Waals surface area contributed by atoms with Crippen molar-refractivity contribution in [1.82, 2.24) is 10.5 Å². The quantitative estimate of drug-likeness (QED) is 0.742. The van der Waals surface area contributed by atoms with Gasteiger partial charge in [0.15, 0.2) is 0 Å². The molecule has 0 unspecified atom stereocenters. The van der Waals surface area contributed by atoms with Crippen LogP contribution in [0.15, 0.2) is 59.1 Å². The van der Waals surface area contributed by atoms with Crippen LogP contribution < -0.4 is 5.32 Å². The lowest BCUT2D eigenvalue weighted by molar-refractivity contribution is 0.0939. The molecule has 2 aromatic carbocycles. The zero-order valence-electron chi connectivity index (χ0n) is 13.4. The summed E-state index contributed by atoms with van der Waals surface area (Å²) in [7, 11) is 0. The minimum absolute atomic E-state index is 0.160. The fourth-order valence-electron chi connectivity index (χ4n) is 2.54. The molecule has 122 valence electrons. The highest BCUT2D eigenvalue weighted by molar-refractivity contribution is 6.30. The number of hydrogen-bond donors (Lipinski definition) is 1. The van der Waals surface area contributed by atoms with Crippen molar-refractivity contribution in [1.29, 1.82) is 0 Å². The Kier molecular flexibility index (Phi) is 4.67. The van der Waals surface area contributed by atoms with E-state index in [0.717, 1.165) is 11.1 Å². The van der Waals surface area contributed by atoms with Gasteiger partial charge in [0.25, 0.3) is 5.91 Å². The van der Waals surface area contributed by atoms with Crippen molar-refractivity contribution >= 4 is 17.5 Å². The zero-order chi connectivity index (χ0) is 17.1. The molecule has 5 heteroatoms. The van der Waals surface area contributed by atoms with Gasteiger partial charge >= 0.3 is 0 Å². The Labute approximate surface area is 145 Å². The van der Waals surface area contributed by atoms with Gasteiger partial charge in [-0.1, -0.05) is 59.2 Å². The first-order valence-electron chi connectivity index (χ1n) is 7.64. The van der Waals surface area contributed by atoms with Crippen LogP contribution >= 0.6 is 11.6 Å². The van der Waals surface area contributed by atoms with Gasteiger partial charge in [0, 0.05) is 10.6 Å². The van der Waals surface area contributed by atoms with E-state index in [9.17, 15) is 4.79 Å². The number of aromatic nitrogens is 1. The SMILES string of the molecule is Cc1onc(-c2ccccc2)c1C(=O)N[C@@H](C)c1ccc(Cl)cc1. The van der Waals surface area contributed by atoms with Crippen molar-refractivity contribution in [3.63, 3.8) is 0 Å². The van der Waals surface area contributed by atoms with Gasteiger partial charge in [-0.15, -0.1) is 0 Å². The summed E-state index contributed by atoms with van der Waals surface area (Å²) in [5, 5.41) is 7.70. The van der Waals surface area contributed by atoms with E-state index in [-0.39, 0.29) is 11.9 Å². The average molecular weight is 341 g/mol. The molecular weight excluding hydrogens is 324 g/mol. The maximum absolute atomic E-state index is 12.7. The van der Waals surface area contributed by atoms with Crippen molar-refractivity contribution < 1.29 is 9.32 Å². The summed E-state index contributed by atoms with van der Waals surface area (Å²) in [5.74, 6) is 0.282. The van der Waals surface area contributed by atoms with Gasteiger partial charge in [0.1, 0.15) is 17.0 Å². The molecule has 24 heavy (non-hydrogen) atoms. The second kappa shape index (κ2) is 6.89. The Hall–Kier alpha value is -2.59. The number of carbonyl (C=O) groups is 1. The minimum atomic E-state index is -0.213. The van der Waals surface area contributed by atoms with Gasteiger partial charge in [-0.05, 0) is 31.5 Å². The van der Waals surface area contributed by atoms with Crippen LogP contribution in [0.25, 0.3) is 11.3 Å². The van der Waals surface area contributed by atoms with Gasteiger partial charge in [-0.25, -0.2) is 0 Å². The van der Waals surface area contributed by atoms with E-state index < -0.39 is 0 Å². The van der Waals surface area contributed by atoms with Crippen LogP contribution in [-0.4, -0.2) is 11.1 Å². The molecular formula is C19H17ClN2O2. The van der Waals surface area contributed by atoms with Crippen LogP contribution in [0.3, 0.4) is 0 Å². The average Bonchev–Trinajstić information content (AvgIpc) is 2.98. The van der Waals surface area contributed by atoms with Crippen LogP contribution in [-0.2, 0) is 0 Å². The molecule has 1 atom stereocenters. The molecule has 0 aliphatic carbocycles. The molecule has 0 aliphatic heterocycles. The van der Waals surface area contributed by atoms with Crippen LogP contribution in [0, 0.1) is 6.92 Å². The number of rotatable bonds is 4. The second-order valence-electron chi connectivity index (χ2n) is 5.58. The van der Waals surface area contributed by atoms with Crippen molar-refractivity contribution in [3.8, 4) is 11.3 Å². The molecule has 1 N–H and O–H groups in total. The first-order valence-corrected chi connectivity index (χ1v) is 8.02. The lowest BCUT2D eigenvalue weighted by atomic mass is 10.0. The summed E-state index contributed by atoms with van der Waals surface area (Å²) < 4.78 is 5.25. The maximum atomic E-state index is 12.7. The van der Waals surface area contributed by atoms with E-state index >= 15 is 0 Å². The van der Waals surface area contributed by atoms with Crippen LogP contribution in [0.4, 0.5) is 0 Å². The number of amides is 1. The first kappa shape index (κ1) is 16.3. The molecule has 0 saturated carbocycles. The number of nitrogens with one attached hydrogen (secondary N) is 1. The lowest BCUT2D eigenvalue weighted by Crippen LogP contribution is -2.27. The third-order valence-electron chi connectivity index (χ3n) is 3.85. The predicted octanol–water partition coefficient (Wildman–Crippen LogP) is 4.79. The van der Waals surface area contributed by atoms with Crippen molar-refractivity contribution in [2.45, 2.75) is 19.9 Å². The smallest absolute Gasteiger partial charge is 0.257 e. The first-order chi connectivity index (χ1) is 11.6. The van der Waals surface area contributed by atoms with E-state index in [1.54, 1.807) is 19.1 Å². The predicted molar refractivity (Wildman–Crippen MR) is 94.0 cm³/mol. The van der Waals surface area contributed by atoms with E-state index in [0.29, 0.717) is 22.0 Å². The van der Waals surface area contributed by atoms with Crippen LogP contribution in [0.2, 0.25) is 5.02 Å². The highest BCUT2D eigenvalue weighted by Crippen LogP contribution is 2.26. The summed E-state index contributed by atoms with van der Waals surface area (Å²) in [4.78, 5) is 12.7.